The Morgan fingerprint density at radius 3 is 2.29 bits per heavy atom. The van der Waals surface area contributed by atoms with E-state index in [0.717, 1.165) is 11.1 Å². The molecule has 2 amide bonds. The summed E-state index contributed by atoms with van der Waals surface area (Å²) in [6.07, 6.45) is -0.190. The molecule has 2 rings (SSSR count). The highest BCUT2D eigenvalue weighted by Gasteiger charge is 2.19. The summed E-state index contributed by atoms with van der Waals surface area (Å²) in [5, 5.41) is 0. The summed E-state index contributed by atoms with van der Waals surface area (Å²) in [6, 6.07) is 14.6. The van der Waals surface area contributed by atoms with Crippen molar-refractivity contribution >= 4 is 11.8 Å². The molecule has 1 unspecified atom stereocenters. The topological polar surface area (TPSA) is 67.4 Å². The molecule has 0 aliphatic rings. The van der Waals surface area contributed by atoms with Crippen LogP contribution >= 0.6 is 0 Å². The average molecular weight is 326 g/mol. The number of carbonyl (C=O) groups excluding carboxylic acids is 2. The number of nitrogens with one attached hydrogen (secondary N) is 2. The Balaban J connectivity index is 1.93. The minimum atomic E-state index is -0.676. The zero-order valence-corrected chi connectivity index (χ0v) is 14.1. The lowest BCUT2D eigenvalue weighted by atomic mass is 10.1. The Morgan fingerprint density at radius 1 is 1.00 bits per heavy atom. The largest absolute Gasteiger partial charge is 0.480 e. The number of hydrogen-bond donors (Lipinski definition) is 2. The van der Waals surface area contributed by atoms with Gasteiger partial charge in [0.15, 0.2) is 6.10 Å². The van der Waals surface area contributed by atoms with Crippen molar-refractivity contribution in [3.8, 4) is 5.75 Å². The second-order valence-corrected chi connectivity index (χ2v) is 5.59. The fourth-order valence-corrected chi connectivity index (χ4v) is 2.14. The van der Waals surface area contributed by atoms with Gasteiger partial charge < -0.3 is 4.74 Å². The van der Waals surface area contributed by atoms with Crippen molar-refractivity contribution in [3.63, 3.8) is 0 Å². The first-order valence-electron chi connectivity index (χ1n) is 7.90. The maximum absolute atomic E-state index is 12.2. The third-order valence-electron chi connectivity index (χ3n) is 3.64. The summed E-state index contributed by atoms with van der Waals surface area (Å²) >= 11 is 0. The third-order valence-corrected chi connectivity index (χ3v) is 3.64. The lowest BCUT2D eigenvalue weighted by Gasteiger charge is -2.18. The van der Waals surface area contributed by atoms with Gasteiger partial charge in [0.1, 0.15) is 5.75 Å². The van der Waals surface area contributed by atoms with Crippen LogP contribution in [0.5, 0.6) is 5.75 Å². The summed E-state index contributed by atoms with van der Waals surface area (Å²) in [5.41, 5.74) is 7.33. The number of hydrogen-bond acceptors (Lipinski definition) is 3. The van der Waals surface area contributed by atoms with Crippen LogP contribution in [-0.4, -0.2) is 17.9 Å². The van der Waals surface area contributed by atoms with Crippen LogP contribution in [0.4, 0.5) is 0 Å². The van der Waals surface area contributed by atoms with E-state index in [1.807, 2.05) is 57.2 Å². The molecule has 0 aromatic heterocycles. The van der Waals surface area contributed by atoms with Crippen molar-refractivity contribution in [2.75, 3.05) is 0 Å². The molecule has 126 valence electrons. The quantitative estimate of drug-likeness (QED) is 0.830. The Hall–Kier alpha value is -2.82. The Labute approximate surface area is 142 Å². The van der Waals surface area contributed by atoms with Gasteiger partial charge in [0.25, 0.3) is 11.8 Å². The summed E-state index contributed by atoms with van der Waals surface area (Å²) in [4.78, 5) is 24.2. The molecule has 0 bridgehead atoms. The van der Waals surface area contributed by atoms with Gasteiger partial charge in [-0.1, -0.05) is 42.8 Å². The highest BCUT2D eigenvalue weighted by Crippen LogP contribution is 2.18. The second-order valence-electron chi connectivity index (χ2n) is 5.59. The van der Waals surface area contributed by atoms with E-state index in [-0.39, 0.29) is 11.8 Å². The molecular weight excluding hydrogens is 304 g/mol. The van der Waals surface area contributed by atoms with Crippen molar-refractivity contribution < 1.29 is 14.3 Å². The smallest absolute Gasteiger partial charge is 0.279 e. The first kappa shape index (κ1) is 17.5. The zero-order chi connectivity index (χ0) is 17.5. The lowest BCUT2D eigenvalue weighted by molar-refractivity contribution is -0.128. The van der Waals surface area contributed by atoms with Crippen LogP contribution in [-0.2, 0) is 4.79 Å². The van der Waals surface area contributed by atoms with Gasteiger partial charge in [-0.2, -0.15) is 0 Å². The van der Waals surface area contributed by atoms with Gasteiger partial charge in [-0.05, 0) is 44.0 Å². The molecule has 5 heteroatoms. The summed E-state index contributed by atoms with van der Waals surface area (Å²) in [7, 11) is 0. The van der Waals surface area contributed by atoms with Gasteiger partial charge in [0.2, 0.25) is 0 Å². The van der Waals surface area contributed by atoms with E-state index in [1.54, 1.807) is 12.1 Å². The van der Waals surface area contributed by atoms with Gasteiger partial charge in [-0.3, -0.25) is 20.4 Å². The second kappa shape index (κ2) is 8.15. The number of rotatable bonds is 5. The van der Waals surface area contributed by atoms with E-state index in [9.17, 15) is 9.59 Å². The molecule has 2 aromatic rings. The maximum Gasteiger partial charge on any atom is 0.279 e. The molecule has 0 saturated carbocycles. The van der Waals surface area contributed by atoms with E-state index < -0.39 is 6.10 Å². The van der Waals surface area contributed by atoms with Gasteiger partial charge >= 0.3 is 0 Å². The van der Waals surface area contributed by atoms with Gasteiger partial charge in [0, 0.05) is 5.56 Å². The molecule has 0 fully saturated rings. The van der Waals surface area contributed by atoms with Crippen LogP contribution in [0.2, 0.25) is 0 Å². The third kappa shape index (κ3) is 4.59. The number of benzene rings is 2. The molecule has 0 heterocycles. The molecule has 2 N–H and O–H groups in total. The fourth-order valence-electron chi connectivity index (χ4n) is 2.14. The summed E-state index contributed by atoms with van der Waals surface area (Å²) in [5.74, 6) is -0.0975. The van der Waals surface area contributed by atoms with Crippen molar-refractivity contribution in [1.82, 2.24) is 10.9 Å². The van der Waals surface area contributed by atoms with Crippen LogP contribution in [0.25, 0.3) is 0 Å². The Kier molecular flexibility index (Phi) is 5.95. The number of hydrazine groups is 1. The van der Waals surface area contributed by atoms with Crippen LogP contribution in [0.3, 0.4) is 0 Å². The average Bonchev–Trinajstić information content (AvgIpc) is 2.59. The monoisotopic (exact) mass is 326 g/mol. The first-order valence-corrected chi connectivity index (χ1v) is 7.90. The van der Waals surface area contributed by atoms with Crippen LogP contribution in [0, 0.1) is 13.8 Å². The van der Waals surface area contributed by atoms with Crippen molar-refractivity contribution in [2.45, 2.75) is 33.3 Å². The number of carbonyl (C=O) groups is 2. The fraction of sp³-hybridized carbons (Fsp3) is 0.263. The number of para-hydroxylation sites is 1. The minimum Gasteiger partial charge on any atom is -0.480 e. The molecule has 24 heavy (non-hydrogen) atoms. The predicted molar refractivity (Wildman–Crippen MR) is 92.7 cm³/mol. The lowest BCUT2D eigenvalue weighted by Crippen LogP contribution is -2.48. The zero-order valence-electron chi connectivity index (χ0n) is 14.1. The molecule has 0 aliphatic carbocycles. The molecule has 2 aromatic carbocycles. The van der Waals surface area contributed by atoms with E-state index >= 15 is 0 Å². The molecule has 0 saturated heterocycles. The van der Waals surface area contributed by atoms with E-state index in [4.69, 9.17) is 4.74 Å². The first-order chi connectivity index (χ1) is 11.5. The SMILES string of the molecule is CCC(Oc1ccccc1C)C(=O)NNC(=O)c1ccc(C)cc1. The van der Waals surface area contributed by atoms with Gasteiger partial charge in [-0.15, -0.1) is 0 Å². The maximum atomic E-state index is 12.2. The molecular formula is C19H22N2O3. The molecule has 0 radical (unpaired) electrons. The molecule has 0 aliphatic heterocycles. The van der Waals surface area contributed by atoms with Crippen LogP contribution < -0.4 is 15.6 Å². The van der Waals surface area contributed by atoms with E-state index in [2.05, 4.69) is 10.9 Å². The summed E-state index contributed by atoms with van der Waals surface area (Å²) < 4.78 is 5.75. The molecule has 0 spiro atoms. The summed E-state index contributed by atoms with van der Waals surface area (Å²) in [6.45, 7) is 5.71. The van der Waals surface area contributed by atoms with E-state index in [1.165, 1.54) is 0 Å². The number of ether oxygens (including phenoxy) is 1. The van der Waals surface area contributed by atoms with Gasteiger partial charge in [0.05, 0.1) is 0 Å². The van der Waals surface area contributed by atoms with Crippen LogP contribution in [0.1, 0.15) is 34.8 Å². The van der Waals surface area contributed by atoms with Crippen molar-refractivity contribution in [1.29, 1.82) is 0 Å². The minimum absolute atomic E-state index is 0.367. The highest BCUT2D eigenvalue weighted by atomic mass is 16.5. The normalized spacial score (nSPS) is 11.5. The van der Waals surface area contributed by atoms with Crippen molar-refractivity contribution in [3.05, 3.63) is 65.2 Å². The number of aryl methyl sites for hydroxylation is 2. The van der Waals surface area contributed by atoms with Gasteiger partial charge in [-0.25, -0.2) is 0 Å². The Bertz CT molecular complexity index is 711. The standard InChI is InChI=1S/C19H22N2O3/c1-4-16(24-17-8-6-5-7-14(17)3)19(23)21-20-18(22)15-11-9-13(2)10-12-15/h5-12,16H,4H2,1-3H3,(H,20,22)(H,21,23). The Morgan fingerprint density at radius 2 is 1.67 bits per heavy atom. The van der Waals surface area contributed by atoms with Crippen molar-refractivity contribution in [2.24, 2.45) is 0 Å². The molecule has 1 atom stereocenters. The number of amides is 2. The van der Waals surface area contributed by atoms with E-state index in [0.29, 0.717) is 17.7 Å². The van der Waals surface area contributed by atoms with Crippen LogP contribution in [0.15, 0.2) is 48.5 Å². The molecule has 5 nitrogen and oxygen atoms in total. The predicted octanol–water partition coefficient (Wildman–Crippen LogP) is 2.92. The highest BCUT2D eigenvalue weighted by molar-refractivity contribution is 5.95.